The van der Waals surface area contributed by atoms with Gasteiger partial charge in [-0.25, -0.2) is 4.79 Å². The Balaban J connectivity index is 2.26. The average Bonchev–Trinajstić information content (AvgIpc) is 2.39. The van der Waals surface area contributed by atoms with Gasteiger partial charge in [0.05, 0.1) is 22.3 Å². The first kappa shape index (κ1) is 12.9. The number of pyridine rings is 1. The number of rotatable bonds is 3. The van der Waals surface area contributed by atoms with Crippen molar-refractivity contribution in [3.8, 4) is 17.6 Å². The molecule has 0 saturated heterocycles. The fourth-order valence-electron chi connectivity index (χ4n) is 1.38. The van der Waals surface area contributed by atoms with E-state index in [1.165, 1.54) is 30.6 Å². The van der Waals surface area contributed by atoms with E-state index < -0.39 is 5.97 Å². The summed E-state index contributed by atoms with van der Waals surface area (Å²) < 4.78 is 5.43. The first-order chi connectivity index (χ1) is 9.10. The number of aromatic carboxylic acids is 1. The molecular weight excluding hydrogens is 268 g/mol. The van der Waals surface area contributed by atoms with Gasteiger partial charge in [0.15, 0.2) is 0 Å². The van der Waals surface area contributed by atoms with E-state index in [0.717, 1.165) is 0 Å². The Morgan fingerprint density at radius 1 is 1.32 bits per heavy atom. The van der Waals surface area contributed by atoms with Crippen LogP contribution in [0.3, 0.4) is 0 Å². The van der Waals surface area contributed by atoms with E-state index in [1.54, 1.807) is 6.07 Å². The Labute approximate surface area is 113 Å². The number of nitriles is 1. The molecule has 2 aromatic rings. The summed E-state index contributed by atoms with van der Waals surface area (Å²) in [6, 6.07) is 7.85. The standard InChI is InChI=1S/C13H7ClN2O3/c14-12-4-10(2-1-8(12)5-15)19-11-3-9(13(17)18)6-16-7-11/h1-4,6-7H,(H,17,18). The molecule has 0 radical (unpaired) electrons. The minimum Gasteiger partial charge on any atom is -0.478 e. The molecule has 94 valence electrons. The van der Waals surface area contributed by atoms with Gasteiger partial charge in [0.25, 0.3) is 0 Å². The number of halogens is 1. The highest BCUT2D eigenvalue weighted by Crippen LogP contribution is 2.26. The first-order valence-electron chi connectivity index (χ1n) is 5.16. The summed E-state index contributed by atoms with van der Waals surface area (Å²) in [6.45, 7) is 0. The molecule has 0 saturated carbocycles. The minimum atomic E-state index is -1.09. The molecule has 2 rings (SSSR count). The lowest BCUT2D eigenvalue weighted by Gasteiger charge is -2.06. The molecule has 0 aliphatic heterocycles. The zero-order valence-corrected chi connectivity index (χ0v) is 10.3. The molecule has 0 aliphatic carbocycles. The molecule has 1 aromatic carbocycles. The molecule has 6 heteroatoms. The number of hydrogen-bond donors (Lipinski definition) is 1. The van der Waals surface area contributed by atoms with Crippen molar-refractivity contribution >= 4 is 17.6 Å². The zero-order chi connectivity index (χ0) is 13.8. The van der Waals surface area contributed by atoms with Crippen LogP contribution in [-0.2, 0) is 0 Å². The molecule has 0 spiro atoms. The molecule has 0 unspecified atom stereocenters. The lowest BCUT2D eigenvalue weighted by Crippen LogP contribution is -1.97. The van der Waals surface area contributed by atoms with E-state index in [4.69, 9.17) is 26.7 Å². The van der Waals surface area contributed by atoms with Gasteiger partial charge < -0.3 is 9.84 Å². The van der Waals surface area contributed by atoms with Gasteiger partial charge in [0, 0.05) is 12.3 Å². The maximum Gasteiger partial charge on any atom is 0.337 e. The van der Waals surface area contributed by atoms with Crippen LogP contribution in [0.15, 0.2) is 36.7 Å². The SMILES string of the molecule is N#Cc1ccc(Oc2cncc(C(=O)O)c2)cc1Cl. The monoisotopic (exact) mass is 274 g/mol. The van der Waals surface area contributed by atoms with Crippen LogP contribution < -0.4 is 4.74 Å². The maximum absolute atomic E-state index is 10.8. The smallest absolute Gasteiger partial charge is 0.337 e. The van der Waals surface area contributed by atoms with Gasteiger partial charge in [0.2, 0.25) is 0 Å². The number of nitrogens with zero attached hydrogens (tertiary/aromatic N) is 2. The average molecular weight is 275 g/mol. The van der Waals surface area contributed by atoms with E-state index in [-0.39, 0.29) is 16.3 Å². The first-order valence-corrected chi connectivity index (χ1v) is 5.54. The maximum atomic E-state index is 10.8. The highest BCUT2D eigenvalue weighted by atomic mass is 35.5. The summed E-state index contributed by atoms with van der Waals surface area (Å²) in [5.74, 6) is -0.412. The van der Waals surface area contributed by atoms with Crippen LogP contribution in [0, 0.1) is 11.3 Å². The number of carbonyl (C=O) groups is 1. The quantitative estimate of drug-likeness (QED) is 0.930. The van der Waals surface area contributed by atoms with Gasteiger partial charge in [-0.15, -0.1) is 0 Å². The van der Waals surface area contributed by atoms with Crippen LogP contribution in [0.25, 0.3) is 0 Å². The molecule has 1 heterocycles. The molecule has 19 heavy (non-hydrogen) atoms. The fraction of sp³-hybridized carbons (Fsp3) is 0. The number of benzene rings is 1. The third-order valence-corrected chi connectivity index (χ3v) is 2.57. The van der Waals surface area contributed by atoms with Gasteiger partial charge in [-0.1, -0.05) is 11.6 Å². The summed E-state index contributed by atoms with van der Waals surface area (Å²) in [5.41, 5.74) is 0.365. The number of hydrogen-bond acceptors (Lipinski definition) is 4. The molecule has 5 nitrogen and oxygen atoms in total. The van der Waals surface area contributed by atoms with Crippen LogP contribution in [0.1, 0.15) is 15.9 Å². The lowest BCUT2D eigenvalue weighted by atomic mass is 10.2. The van der Waals surface area contributed by atoms with Gasteiger partial charge >= 0.3 is 5.97 Å². The molecule has 0 amide bonds. The topological polar surface area (TPSA) is 83.2 Å². The third-order valence-electron chi connectivity index (χ3n) is 2.26. The molecular formula is C13H7ClN2O3. The van der Waals surface area contributed by atoms with Crippen molar-refractivity contribution in [2.75, 3.05) is 0 Å². The lowest BCUT2D eigenvalue weighted by molar-refractivity contribution is 0.0696. The summed E-state index contributed by atoms with van der Waals surface area (Å²) in [5, 5.41) is 17.8. The number of ether oxygens (including phenoxy) is 1. The van der Waals surface area contributed by atoms with E-state index in [0.29, 0.717) is 11.3 Å². The van der Waals surface area contributed by atoms with Crippen LogP contribution in [0.2, 0.25) is 5.02 Å². The summed E-state index contributed by atoms with van der Waals surface area (Å²) >= 11 is 5.87. The Kier molecular flexibility index (Phi) is 3.64. The van der Waals surface area contributed by atoms with E-state index in [9.17, 15) is 4.79 Å². The van der Waals surface area contributed by atoms with Crippen molar-refractivity contribution in [3.63, 3.8) is 0 Å². The Hall–Kier alpha value is -2.58. The predicted molar refractivity (Wildman–Crippen MR) is 67.4 cm³/mol. The largest absolute Gasteiger partial charge is 0.478 e. The fourth-order valence-corrected chi connectivity index (χ4v) is 1.59. The molecule has 1 aromatic heterocycles. The van der Waals surface area contributed by atoms with Crippen LogP contribution in [0.5, 0.6) is 11.5 Å². The number of carboxylic acids is 1. The third kappa shape index (κ3) is 3.00. The Morgan fingerprint density at radius 2 is 2.11 bits per heavy atom. The summed E-state index contributed by atoms with van der Waals surface area (Å²) in [4.78, 5) is 14.6. The second-order valence-electron chi connectivity index (χ2n) is 3.57. The van der Waals surface area contributed by atoms with E-state index >= 15 is 0 Å². The Bertz CT molecular complexity index is 680. The van der Waals surface area contributed by atoms with Crippen molar-refractivity contribution in [1.82, 2.24) is 4.98 Å². The zero-order valence-electron chi connectivity index (χ0n) is 9.50. The van der Waals surface area contributed by atoms with Gasteiger partial charge in [0.1, 0.15) is 17.6 Å². The van der Waals surface area contributed by atoms with Crippen molar-refractivity contribution in [2.24, 2.45) is 0 Å². The number of aromatic nitrogens is 1. The highest BCUT2D eigenvalue weighted by molar-refractivity contribution is 6.31. The predicted octanol–water partition coefficient (Wildman–Crippen LogP) is 3.10. The minimum absolute atomic E-state index is 0.0252. The molecule has 0 bridgehead atoms. The summed E-state index contributed by atoms with van der Waals surface area (Å²) in [7, 11) is 0. The summed E-state index contributed by atoms with van der Waals surface area (Å²) in [6.07, 6.45) is 2.61. The van der Waals surface area contributed by atoms with Crippen molar-refractivity contribution in [2.45, 2.75) is 0 Å². The van der Waals surface area contributed by atoms with Crippen LogP contribution in [0.4, 0.5) is 0 Å². The molecule has 0 aliphatic rings. The van der Waals surface area contributed by atoms with Gasteiger partial charge in [-0.05, 0) is 18.2 Å². The van der Waals surface area contributed by atoms with Crippen molar-refractivity contribution < 1.29 is 14.6 Å². The highest BCUT2D eigenvalue weighted by Gasteiger charge is 2.07. The Morgan fingerprint density at radius 3 is 2.74 bits per heavy atom. The van der Waals surface area contributed by atoms with E-state index in [2.05, 4.69) is 4.98 Å². The van der Waals surface area contributed by atoms with Gasteiger partial charge in [-0.2, -0.15) is 5.26 Å². The van der Waals surface area contributed by atoms with Crippen molar-refractivity contribution in [1.29, 1.82) is 5.26 Å². The van der Waals surface area contributed by atoms with Crippen LogP contribution >= 0.6 is 11.6 Å². The normalized spacial score (nSPS) is 9.68. The second kappa shape index (κ2) is 5.38. The molecule has 0 fully saturated rings. The van der Waals surface area contributed by atoms with Gasteiger partial charge in [-0.3, -0.25) is 4.98 Å². The van der Waals surface area contributed by atoms with Crippen LogP contribution in [-0.4, -0.2) is 16.1 Å². The molecule has 1 N–H and O–H groups in total. The van der Waals surface area contributed by atoms with E-state index in [1.807, 2.05) is 6.07 Å². The second-order valence-corrected chi connectivity index (χ2v) is 3.98. The number of carboxylic acid groups (broad SMARTS) is 1. The molecule has 0 atom stereocenters. The van der Waals surface area contributed by atoms with Crippen molar-refractivity contribution in [3.05, 3.63) is 52.8 Å².